The average molecular weight is 248 g/mol. The summed E-state index contributed by atoms with van der Waals surface area (Å²) in [5.41, 5.74) is 1.09. The molecule has 0 radical (unpaired) electrons. The topological polar surface area (TPSA) is 27.7 Å². The normalized spacial score (nSPS) is 18.8. The van der Waals surface area contributed by atoms with Crippen molar-refractivity contribution < 1.29 is 14.2 Å². The van der Waals surface area contributed by atoms with Gasteiger partial charge in [0.05, 0.1) is 19.3 Å². The molecule has 2 rings (SSSR count). The minimum Gasteiger partial charge on any atom is -0.491 e. The molecule has 0 aromatic heterocycles. The fourth-order valence-electron chi connectivity index (χ4n) is 1.91. The Hall–Kier alpha value is -1.32. The van der Waals surface area contributed by atoms with Gasteiger partial charge in [0.1, 0.15) is 12.4 Å². The van der Waals surface area contributed by atoms with Crippen LogP contribution in [0.1, 0.15) is 18.4 Å². The smallest absolute Gasteiger partial charge is 0.119 e. The predicted octanol–water partition coefficient (Wildman–Crippen LogP) is 2.90. The van der Waals surface area contributed by atoms with E-state index in [-0.39, 0.29) is 6.10 Å². The Morgan fingerprint density at radius 3 is 2.78 bits per heavy atom. The van der Waals surface area contributed by atoms with Crippen molar-refractivity contribution in [3.8, 4) is 5.75 Å². The van der Waals surface area contributed by atoms with Gasteiger partial charge in [-0.1, -0.05) is 24.8 Å². The molecule has 1 unspecified atom stereocenters. The standard InChI is InChI=1S/C15H20O3/c1-2-13-5-7-14(8-6-13)18-11-10-16-12-15-4-3-9-17-15/h2,5-8,15H,1,3-4,9-12H2. The quantitative estimate of drug-likeness (QED) is 0.694. The second-order valence-electron chi connectivity index (χ2n) is 4.33. The minimum absolute atomic E-state index is 0.289. The fourth-order valence-corrected chi connectivity index (χ4v) is 1.91. The maximum atomic E-state index is 5.57. The second-order valence-corrected chi connectivity index (χ2v) is 4.33. The molecule has 0 N–H and O–H groups in total. The first-order valence-corrected chi connectivity index (χ1v) is 6.43. The third-order valence-corrected chi connectivity index (χ3v) is 2.94. The zero-order valence-electron chi connectivity index (χ0n) is 10.6. The molecule has 1 aliphatic rings. The van der Waals surface area contributed by atoms with Crippen LogP contribution in [0.15, 0.2) is 30.8 Å². The van der Waals surface area contributed by atoms with Gasteiger partial charge < -0.3 is 14.2 Å². The third kappa shape index (κ3) is 4.17. The summed E-state index contributed by atoms with van der Waals surface area (Å²) in [4.78, 5) is 0. The Bertz CT molecular complexity index is 353. The Morgan fingerprint density at radius 2 is 2.11 bits per heavy atom. The van der Waals surface area contributed by atoms with Gasteiger partial charge >= 0.3 is 0 Å². The van der Waals surface area contributed by atoms with Crippen molar-refractivity contribution in [1.29, 1.82) is 0 Å². The molecule has 1 aromatic carbocycles. The Morgan fingerprint density at radius 1 is 1.28 bits per heavy atom. The molecule has 1 saturated heterocycles. The van der Waals surface area contributed by atoms with E-state index in [1.165, 1.54) is 0 Å². The second kappa shape index (κ2) is 7.19. The van der Waals surface area contributed by atoms with Gasteiger partial charge in [-0.05, 0) is 30.5 Å². The van der Waals surface area contributed by atoms with Gasteiger partial charge in [0.25, 0.3) is 0 Å². The highest BCUT2D eigenvalue weighted by molar-refractivity contribution is 5.48. The van der Waals surface area contributed by atoms with Crippen molar-refractivity contribution in [2.45, 2.75) is 18.9 Å². The summed E-state index contributed by atoms with van der Waals surface area (Å²) >= 11 is 0. The van der Waals surface area contributed by atoms with E-state index in [9.17, 15) is 0 Å². The van der Waals surface area contributed by atoms with E-state index in [0.717, 1.165) is 30.8 Å². The molecule has 0 spiro atoms. The highest BCUT2D eigenvalue weighted by atomic mass is 16.5. The van der Waals surface area contributed by atoms with E-state index in [1.54, 1.807) is 0 Å². The van der Waals surface area contributed by atoms with Gasteiger partial charge in [-0.15, -0.1) is 0 Å². The lowest BCUT2D eigenvalue weighted by atomic mass is 10.2. The van der Waals surface area contributed by atoms with Gasteiger partial charge in [-0.2, -0.15) is 0 Å². The van der Waals surface area contributed by atoms with Crippen molar-refractivity contribution in [3.05, 3.63) is 36.4 Å². The van der Waals surface area contributed by atoms with Crippen molar-refractivity contribution in [2.24, 2.45) is 0 Å². The van der Waals surface area contributed by atoms with Crippen LogP contribution in [0.2, 0.25) is 0 Å². The molecular weight excluding hydrogens is 228 g/mol. The molecule has 98 valence electrons. The molecular formula is C15H20O3. The summed E-state index contributed by atoms with van der Waals surface area (Å²) in [6.07, 6.45) is 4.37. The molecule has 1 heterocycles. The molecule has 18 heavy (non-hydrogen) atoms. The molecule has 3 nitrogen and oxygen atoms in total. The van der Waals surface area contributed by atoms with Gasteiger partial charge in [-0.25, -0.2) is 0 Å². The Kier molecular flexibility index (Phi) is 5.24. The van der Waals surface area contributed by atoms with Gasteiger partial charge in [0.2, 0.25) is 0 Å². The van der Waals surface area contributed by atoms with E-state index in [1.807, 2.05) is 30.3 Å². The van der Waals surface area contributed by atoms with Gasteiger partial charge in [0, 0.05) is 6.61 Å². The highest BCUT2D eigenvalue weighted by Crippen LogP contribution is 2.13. The molecule has 1 atom stereocenters. The zero-order valence-corrected chi connectivity index (χ0v) is 10.6. The highest BCUT2D eigenvalue weighted by Gasteiger charge is 2.14. The summed E-state index contributed by atoms with van der Waals surface area (Å²) in [5, 5.41) is 0. The third-order valence-electron chi connectivity index (χ3n) is 2.94. The maximum Gasteiger partial charge on any atom is 0.119 e. The number of hydrogen-bond acceptors (Lipinski definition) is 3. The molecule has 0 amide bonds. The molecule has 3 heteroatoms. The van der Waals surface area contributed by atoms with Crippen LogP contribution < -0.4 is 4.74 Å². The minimum atomic E-state index is 0.289. The van der Waals surface area contributed by atoms with Crippen LogP contribution in [-0.4, -0.2) is 32.5 Å². The van der Waals surface area contributed by atoms with Gasteiger partial charge in [-0.3, -0.25) is 0 Å². The van der Waals surface area contributed by atoms with Crippen molar-refractivity contribution in [2.75, 3.05) is 26.4 Å². The summed E-state index contributed by atoms with van der Waals surface area (Å²) < 4.78 is 16.6. The van der Waals surface area contributed by atoms with Crippen molar-refractivity contribution in [3.63, 3.8) is 0 Å². The Balaban J connectivity index is 1.58. The van der Waals surface area contributed by atoms with E-state index in [2.05, 4.69) is 6.58 Å². The largest absolute Gasteiger partial charge is 0.491 e. The van der Waals surface area contributed by atoms with Crippen LogP contribution in [0.3, 0.4) is 0 Å². The molecule has 0 saturated carbocycles. The van der Waals surface area contributed by atoms with Crippen molar-refractivity contribution >= 4 is 6.08 Å². The maximum absolute atomic E-state index is 5.57. The van der Waals surface area contributed by atoms with Crippen LogP contribution >= 0.6 is 0 Å². The molecule has 0 aliphatic carbocycles. The average Bonchev–Trinajstić information content (AvgIpc) is 2.92. The number of hydrogen-bond donors (Lipinski definition) is 0. The first kappa shape index (κ1) is 13.1. The van der Waals surface area contributed by atoms with Crippen LogP contribution in [0.25, 0.3) is 6.08 Å². The van der Waals surface area contributed by atoms with E-state index in [4.69, 9.17) is 14.2 Å². The SMILES string of the molecule is C=Cc1ccc(OCCOCC2CCCO2)cc1. The van der Waals surface area contributed by atoms with Gasteiger partial charge in [0.15, 0.2) is 0 Å². The first-order chi connectivity index (χ1) is 8.88. The van der Waals surface area contributed by atoms with E-state index >= 15 is 0 Å². The van der Waals surface area contributed by atoms with E-state index in [0.29, 0.717) is 19.8 Å². The molecule has 1 fully saturated rings. The number of ether oxygens (including phenoxy) is 3. The van der Waals surface area contributed by atoms with Crippen molar-refractivity contribution in [1.82, 2.24) is 0 Å². The molecule has 0 bridgehead atoms. The Labute approximate surface area is 108 Å². The predicted molar refractivity (Wildman–Crippen MR) is 71.8 cm³/mol. The lowest BCUT2D eigenvalue weighted by Gasteiger charge is -2.10. The van der Waals surface area contributed by atoms with Crippen LogP contribution in [0, 0.1) is 0 Å². The number of rotatable bonds is 7. The van der Waals surface area contributed by atoms with Crippen LogP contribution in [0.5, 0.6) is 5.75 Å². The summed E-state index contributed by atoms with van der Waals surface area (Å²) in [5.74, 6) is 0.862. The summed E-state index contributed by atoms with van der Waals surface area (Å²) in [6.45, 7) is 6.44. The number of benzene rings is 1. The lowest BCUT2D eigenvalue weighted by Crippen LogP contribution is -2.17. The van der Waals surface area contributed by atoms with Crippen LogP contribution in [-0.2, 0) is 9.47 Å². The lowest BCUT2D eigenvalue weighted by molar-refractivity contribution is 0.00853. The summed E-state index contributed by atoms with van der Waals surface area (Å²) in [7, 11) is 0. The first-order valence-electron chi connectivity index (χ1n) is 6.43. The zero-order chi connectivity index (χ0) is 12.6. The van der Waals surface area contributed by atoms with E-state index < -0.39 is 0 Å². The fraction of sp³-hybridized carbons (Fsp3) is 0.467. The van der Waals surface area contributed by atoms with Crippen LogP contribution in [0.4, 0.5) is 0 Å². The summed E-state index contributed by atoms with van der Waals surface area (Å²) in [6, 6.07) is 7.85. The molecule has 1 aromatic rings. The monoisotopic (exact) mass is 248 g/mol. The molecule has 1 aliphatic heterocycles.